The molecule has 0 atom stereocenters. The van der Waals surface area contributed by atoms with Gasteiger partial charge >= 0.3 is 0 Å². The molecule has 0 bridgehead atoms. The van der Waals surface area contributed by atoms with Crippen LogP contribution in [-0.4, -0.2) is 16.2 Å². The largest absolute Gasteiger partial charge is 0.466 e. The molecule has 3 heterocycles. The molecule has 0 amide bonds. The fourth-order valence-corrected chi connectivity index (χ4v) is 4.12. The van der Waals surface area contributed by atoms with Crippen LogP contribution in [0.2, 0.25) is 0 Å². The van der Waals surface area contributed by atoms with Gasteiger partial charge in [-0.3, -0.25) is 0 Å². The first-order valence-electron chi connectivity index (χ1n) is 8.72. The van der Waals surface area contributed by atoms with E-state index >= 15 is 0 Å². The zero-order valence-corrected chi connectivity index (χ0v) is 15.1. The van der Waals surface area contributed by atoms with Crippen molar-refractivity contribution in [2.75, 3.05) is 7.11 Å². The summed E-state index contributed by atoms with van der Waals surface area (Å²) in [5.41, 5.74) is 3.63. The number of rotatable bonds is 2. The Balaban J connectivity index is 2.05. The maximum Gasteiger partial charge on any atom is 0.290 e. The molecule has 4 heteroatoms. The maximum absolute atomic E-state index is 5.54. The van der Waals surface area contributed by atoms with E-state index in [0.717, 1.165) is 11.7 Å². The molecule has 0 saturated heterocycles. The van der Waals surface area contributed by atoms with Gasteiger partial charge in [0, 0.05) is 30.0 Å². The standard InChI is InChI=1S/C22H20N3O/c1-23-17-11-6-4-9-15(17)21-16-10-5-7-12-18(16)25(22(21)23)19-13-8-14-20(26-3)24(19)2/h4-14H,1-3H3/q+1. The second-order valence-corrected chi connectivity index (χ2v) is 6.61. The van der Waals surface area contributed by atoms with Crippen molar-refractivity contribution in [3.8, 4) is 11.7 Å². The molecule has 0 fully saturated rings. The molecule has 0 N–H and O–H groups in total. The summed E-state index contributed by atoms with van der Waals surface area (Å²) in [6, 6.07) is 23.3. The fourth-order valence-electron chi connectivity index (χ4n) is 4.12. The number of methoxy groups -OCH3 is 1. The minimum atomic E-state index is 0.826. The molecule has 0 aliphatic carbocycles. The third-order valence-corrected chi connectivity index (χ3v) is 5.30. The highest BCUT2D eigenvalue weighted by atomic mass is 16.5. The van der Waals surface area contributed by atoms with Crippen molar-refractivity contribution >= 4 is 32.8 Å². The van der Waals surface area contributed by atoms with Crippen molar-refractivity contribution in [1.29, 1.82) is 0 Å². The quantitative estimate of drug-likeness (QED) is 0.443. The Bertz CT molecular complexity index is 1290. The lowest BCUT2D eigenvalue weighted by Gasteiger charge is -2.08. The third-order valence-electron chi connectivity index (χ3n) is 5.30. The van der Waals surface area contributed by atoms with Gasteiger partial charge in [0.1, 0.15) is 5.52 Å². The minimum Gasteiger partial charge on any atom is -0.466 e. The molecule has 4 nitrogen and oxygen atoms in total. The summed E-state index contributed by atoms with van der Waals surface area (Å²) in [6.07, 6.45) is 0. The molecule has 128 valence electrons. The average Bonchev–Trinajstić information content (AvgIpc) is 3.16. The van der Waals surface area contributed by atoms with Crippen LogP contribution in [0.25, 0.3) is 38.7 Å². The van der Waals surface area contributed by atoms with E-state index in [9.17, 15) is 0 Å². The van der Waals surface area contributed by atoms with Gasteiger partial charge in [-0.25, -0.2) is 0 Å². The van der Waals surface area contributed by atoms with E-state index in [4.69, 9.17) is 4.74 Å². The number of nitrogens with zero attached hydrogens (tertiary/aromatic N) is 3. The van der Waals surface area contributed by atoms with E-state index < -0.39 is 0 Å². The van der Waals surface area contributed by atoms with E-state index in [0.29, 0.717) is 0 Å². The summed E-state index contributed by atoms with van der Waals surface area (Å²) >= 11 is 0. The normalized spacial score (nSPS) is 11.7. The van der Waals surface area contributed by atoms with Crippen molar-refractivity contribution in [1.82, 2.24) is 9.13 Å². The lowest BCUT2D eigenvalue weighted by molar-refractivity contribution is -0.670. The van der Waals surface area contributed by atoms with Crippen LogP contribution in [0.1, 0.15) is 0 Å². The SMILES string of the molecule is COc1cccc(-n2c3ccccc3c3c4ccccc4n(C)c32)[n+]1C. The van der Waals surface area contributed by atoms with Crippen LogP contribution in [-0.2, 0) is 14.1 Å². The number of fused-ring (bicyclic) bond motifs is 5. The van der Waals surface area contributed by atoms with Gasteiger partial charge in [-0.05, 0) is 24.3 Å². The highest BCUT2D eigenvalue weighted by molar-refractivity contribution is 6.21. The van der Waals surface area contributed by atoms with E-state index in [-0.39, 0.29) is 0 Å². The van der Waals surface area contributed by atoms with Gasteiger partial charge < -0.3 is 9.30 Å². The Morgan fingerprint density at radius 1 is 0.808 bits per heavy atom. The number of benzene rings is 2. The molecule has 0 spiro atoms. The second kappa shape index (κ2) is 5.36. The molecule has 0 aliphatic rings. The van der Waals surface area contributed by atoms with Crippen molar-refractivity contribution in [2.45, 2.75) is 0 Å². The van der Waals surface area contributed by atoms with E-state index in [1.165, 1.54) is 32.8 Å². The first-order valence-corrected chi connectivity index (χ1v) is 8.72. The highest BCUT2D eigenvalue weighted by Crippen LogP contribution is 2.37. The minimum absolute atomic E-state index is 0.826. The predicted molar refractivity (Wildman–Crippen MR) is 105 cm³/mol. The molecule has 0 saturated carbocycles. The number of para-hydroxylation sites is 2. The average molecular weight is 342 g/mol. The van der Waals surface area contributed by atoms with Crippen LogP contribution < -0.4 is 9.30 Å². The van der Waals surface area contributed by atoms with Crippen molar-refractivity contribution < 1.29 is 9.30 Å². The summed E-state index contributed by atoms with van der Waals surface area (Å²) in [6.45, 7) is 0. The summed E-state index contributed by atoms with van der Waals surface area (Å²) in [5, 5.41) is 3.84. The van der Waals surface area contributed by atoms with Crippen molar-refractivity contribution in [3.63, 3.8) is 0 Å². The topological polar surface area (TPSA) is 23.0 Å². The molecule has 5 aromatic rings. The van der Waals surface area contributed by atoms with Crippen LogP contribution in [0.5, 0.6) is 5.88 Å². The molecule has 5 rings (SSSR count). The van der Waals surface area contributed by atoms with Crippen molar-refractivity contribution in [3.05, 3.63) is 66.7 Å². The Hall–Kier alpha value is -3.27. The molecule has 0 unspecified atom stereocenters. The van der Waals surface area contributed by atoms with Crippen molar-refractivity contribution in [2.24, 2.45) is 14.1 Å². The number of hydrogen-bond acceptors (Lipinski definition) is 1. The zero-order valence-electron chi connectivity index (χ0n) is 15.1. The van der Waals surface area contributed by atoms with E-state index in [2.05, 4.69) is 75.3 Å². The van der Waals surface area contributed by atoms with Crippen LogP contribution >= 0.6 is 0 Å². The monoisotopic (exact) mass is 342 g/mol. The number of aromatic nitrogens is 3. The zero-order chi connectivity index (χ0) is 17.8. The molecular formula is C22H20N3O+. The molecule has 0 radical (unpaired) electrons. The second-order valence-electron chi connectivity index (χ2n) is 6.61. The molecular weight excluding hydrogens is 322 g/mol. The Kier molecular flexibility index (Phi) is 3.10. The van der Waals surface area contributed by atoms with Crippen LogP contribution in [0.4, 0.5) is 0 Å². The molecule has 26 heavy (non-hydrogen) atoms. The van der Waals surface area contributed by atoms with E-state index in [1.807, 2.05) is 19.2 Å². The molecule has 0 aliphatic heterocycles. The molecule has 2 aromatic carbocycles. The summed E-state index contributed by atoms with van der Waals surface area (Å²) in [7, 11) is 5.89. The first-order chi connectivity index (χ1) is 12.7. The van der Waals surface area contributed by atoms with Gasteiger partial charge in [0.15, 0.2) is 0 Å². The third kappa shape index (κ3) is 1.81. The van der Waals surface area contributed by atoms with Gasteiger partial charge in [-0.1, -0.05) is 30.3 Å². The lowest BCUT2D eigenvalue weighted by Crippen LogP contribution is -2.35. The Labute approximate surface area is 151 Å². The van der Waals surface area contributed by atoms with Crippen LogP contribution in [0.15, 0.2) is 66.7 Å². The van der Waals surface area contributed by atoms with Crippen LogP contribution in [0.3, 0.4) is 0 Å². The predicted octanol–water partition coefficient (Wildman–Crippen LogP) is 4.11. The van der Waals surface area contributed by atoms with Crippen LogP contribution in [0, 0.1) is 0 Å². The van der Waals surface area contributed by atoms with Gasteiger partial charge in [0.2, 0.25) is 5.65 Å². The fraction of sp³-hybridized carbons (Fsp3) is 0.136. The van der Waals surface area contributed by atoms with Gasteiger partial charge in [0.05, 0.1) is 25.1 Å². The first kappa shape index (κ1) is 15.0. The Morgan fingerprint density at radius 2 is 1.46 bits per heavy atom. The number of ether oxygens (including phenoxy) is 1. The lowest BCUT2D eigenvalue weighted by atomic mass is 10.1. The summed E-state index contributed by atoms with van der Waals surface area (Å²) in [5.74, 6) is 1.90. The summed E-state index contributed by atoms with van der Waals surface area (Å²) in [4.78, 5) is 0. The van der Waals surface area contributed by atoms with Gasteiger partial charge in [0.25, 0.3) is 11.7 Å². The highest BCUT2D eigenvalue weighted by Gasteiger charge is 2.26. The van der Waals surface area contributed by atoms with Gasteiger partial charge in [-0.15, -0.1) is 0 Å². The maximum atomic E-state index is 5.54. The number of pyridine rings is 1. The Morgan fingerprint density at radius 3 is 2.19 bits per heavy atom. The molecule has 3 aromatic heterocycles. The smallest absolute Gasteiger partial charge is 0.290 e. The number of aryl methyl sites for hydroxylation is 1. The summed E-state index contributed by atoms with van der Waals surface area (Å²) < 4.78 is 12.2. The van der Waals surface area contributed by atoms with E-state index in [1.54, 1.807) is 7.11 Å². The van der Waals surface area contributed by atoms with Gasteiger partial charge in [-0.2, -0.15) is 9.13 Å². The number of hydrogen-bond donors (Lipinski definition) is 0.